The van der Waals surface area contributed by atoms with Gasteiger partial charge >= 0.3 is 0 Å². The van der Waals surface area contributed by atoms with Gasteiger partial charge in [-0.15, -0.1) is 11.3 Å². The second-order valence-electron chi connectivity index (χ2n) is 5.19. The summed E-state index contributed by atoms with van der Waals surface area (Å²) in [5.74, 6) is -0.276. The molecule has 9 heteroatoms. The summed E-state index contributed by atoms with van der Waals surface area (Å²) in [5.41, 5.74) is 2.44. The average Bonchev–Trinajstić information content (AvgIpc) is 3.03. The largest absolute Gasteiger partial charge is 0.298 e. The SMILES string of the molecule is CS(=O)(=O)Nc1ccc(-c2csc(NC(=O)c3cccnc3)n2)cc1. The number of carbonyl (C=O) groups excluding carboxylic acids is 1. The Hall–Kier alpha value is -2.78. The fourth-order valence-electron chi connectivity index (χ4n) is 2.05. The molecule has 3 aromatic rings. The molecule has 7 nitrogen and oxygen atoms in total. The van der Waals surface area contributed by atoms with E-state index in [9.17, 15) is 13.2 Å². The van der Waals surface area contributed by atoms with Crippen molar-refractivity contribution in [2.24, 2.45) is 0 Å². The molecule has 0 aliphatic rings. The summed E-state index contributed by atoms with van der Waals surface area (Å²) >= 11 is 1.31. The molecule has 0 spiro atoms. The zero-order chi connectivity index (χ0) is 17.9. The van der Waals surface area contributed by atoms with E-state index < -0.39 is 10.0 Å². The van der Waals surface area contributed by atoms with Gasteiger partial charge in [0.05, 0.1) is 17.5 Å². The Kier molecular flexibility index (Phi) is 4.77. The second-order valence-corrected chi connectivity index (χ2v) is 7.79. The van der Waals surface area contributed by atoms with Crippen LogP contribution in [0, 0.1) is 0 Å². The molecule has 128 valence electrons. The Labute approximate surface area is 148 Å². The van der Waals surface area contributed by atoms with E-state index in [1.165, 1.54) is 17.5 Å². The van der Waals surface area contributed by atoms with Crippen LogP contribution in [0.2, 0.25) is 0 Å². The molecule has 0 unspecified atom stereocenters. The quantitative estimate of drug-likeness (QED) is 0.715. The molecule has 0 bridgehead atoms. The van der Waals surface area contributed by atoms with Gasteiger partial charge in [-0.1, -0.05) is 12.1 Å². The molecule has 25 heavy (non-hydrogen) atoms. The van der Waals surface area contributed by atoms with Crippen molar-refractivity contribution in [1.29, 1.82) is 0 Å². The average molecular weight is 374 g/mol. The van der Waals surface area contributed by atoms with Crippen LogP contribution >= 0.6 is 11.3 Å². The topological polar surface area (TPSA) is 101 Å². The highest BCUT2D eigenvalue weighted by Crippen LogP contribution is 2.26. The van der Waals surface area contributed by atoms with Crippen LogP contribution in [0.5, 0.6) is 0 Å². The van der Waals surface area contributed by atoms with Crippen LogP contribution in [-0.2, 0) is 10.0 Å². The van der Waals surface area contributed by atoms with Gasteiger partial charge in [0.2, 0.25) is 10.0 Å². The maximum atomic E-state index is 12.1. The number of sulfonamides is 1. The van der Waals surface area contributed by atoms with Crippen LogP contribution in [0.4, 0.5) is 10.8 Å². The molecule has 0 saturated carbocycles. The summed E-state index contributed by atoms with van der Waals surface area (Å²) < 4.78 is 24.8. The van der Waals surface area contributed by atoms with Gasteiger partial charge in [-0.05, 0) is 24.3 Å². The van der Waals surface area contributed by atoms with Crippen molar-refractivity contribution in [3.63, 3.8) is 0 Å². The lowest BCUT2D eigenvalue weighted by Crippen LogP contribution is -2.11. The van der Waals surface area contributed by atoms with Gasteiger partial charge < -0.3 is 0 Å². The molecule has 0 aliphatic heterocycles. The standard InChI is InChI=1S/C16H14N4O3S2/c1-25(22,23)20-13-6-4-11(5-7-13)14-10-24-16(18-14)19-15(21)12-3-2-8-17-9-12/h2-10,20H,1H3,(H,18,19,21). The zero-order valence-corrected chi connectivity index (χ0v) is 14.8. The van der Waals surface area contributed by atoms with Gasteiger partial charge in [0, 0.05) is 29.0 Å². The molecule has 0 saturated heterocycles. The third kappa shape index (κ3) is 4.61. The van der Waals surface area contributed by atoms with Gasteiger partial charge in [-0.25, -0.2) is 13.4 Å². The fourth-order valence-corrected chi connectivity index (χ4v) is 3.33. The van der Waals surface area contributed by atoms with Crippen molar-refractivity contribution in [3.8, 4) is 11.3 Å². The number of carbonyl (C=O) groups is 1. The van der Waals surface area contributed by atoms with Crippen LogP contribution in [0.25, 0.3) is 11.3 Å². The predicted octanol–water partition coefficient (Wildman–Crippen LogP) is 2.83. The van der Waals surface area contributed by atoms with Crippen molar-refractivity contribution in [2.45, 2.75) is 0 Å². The lowest BCUT2D eigenvalue weighted by atomic mass is 10.1. The van der Waals surface area contributed by atoms with Crippen LogP contribution < -0.4 is 10.0 Å². The van der Waals surface area contributed by atoms with Gasteiger partial charge in [-0.3, -0.25) is 19.8 Å². The van der Waals surface area contributed by atoms with Gasteiger partial charge in [0.1, 0.15) is 0 Å². The van der Waals surface area contributed by atoms with E-state index in [0.717, 1.165) is 11.8 Å². The smallest absolute Gasteiger partial charge is 0.259 e. The molecule has 0 atom stereocenters. The number of hydrogen-bond donors (Lipinski definition) is 2. The van der Waals surface area contributed by atoms with E-state index >= 15 is 0 Å². The highest BCUT2D eigenvalue weighted by Gasteiger charge is 2.10. The molecule has 2 N–H and O–H groups in total. The molecule has 0 radical (unpaired) electrons. The summed E-state index contributed by atoms with van der Waals surface area (Å²) in [4.78, 5) is 20.4. The van der Waals surface area contributed by atoms with Crippen molar-refractivity contribution in [2.75, 3.05) is 16.3 Å². The van der Waals surface area contributed by atoms with E-state index in [1.807, 2.05) is 5.38 Å². The summed E-state index contributed by atoms with van der Waals surface area (Å²) in [6.45, 7) is 0. The summed E-state index contributed by atoms with van der Waals surface area (Å²) in [6.07, 6.45) is 4.18. The van der Waals surface area contributed by atoms with Crippen LogP contribution in [0.1, 0.15) is 10.4 Å². The number of nitrogens with one attached hydrogen (secondary N) is 2. The first kappa shape index (κ1) is 17.1. The number of benzene rings is 1. The Morgan fingerprint density at radius 3 is 2.56 bits per heavy atom. The van der Waals surface area contributed by atoms with Crippen LogP contribution in [-0.4, -0.2) is 30.5 Å². The summed E-state index contributed by atoms with van der Waals surface area (Å²) in [5, 5.41) is 5.02. The fraction of sp³-hybridized carbons (Fsp3) is 0.0625. The van der Waals surface area contributed by atoms with Crippen molar-refractivity contribution in [3.05, 3.63) is 59.7 Å². The van der Waals surface area contributed by atoms with Gasteiger partial charge in [-0.2, -0.15) is 0 Å². The number of anilines is 2. The second kappa shape index (κ2) is 6.99. The van der Waals surface area contributed by atoms with Crippen LogP contribution in [0.3, 0.4) is 0 Å². The minimum atomic E-state index is -3.31. The molecule has 2 aromatic heterocycles. The molecule has 0 aliphatic carbocycles. The number of thiazole rings is 1. The van der Waals surface area contributed by atoms with Gasteiger partial charge in [0.25, 0.3) is 5.91 Å². The number of pyridine rings is 1. The molecule has 1 amide bonds. The molecule has 0 fully saturated rings. The number of hydrogen-bond acceptors (Lipinski definition) is 6. The minimum absolute atomic E-state index is 0.276. The monoisotopic (exact) mass is 374 g/mol. The van der Waals surface area contributed by atoms with E-state index in [1.54, 1.807) is 42.6 Å². The third-order valence-electron chi connectivity index (χ3n) is 3.13. The number of aromatic nitrogens is 2. The van der Waals surface area contributed by atoms with E-state index in [-0.39, 0.29) is 5.91 Å². The zero-order valence-electron chi connectivity index (χ0n) is 13.1. The molecular formula is C16H14N4O3S2. The Morgan fingerprint density at radius 2 is 1.92 bits per heavy atom. The maximum Gasteiger partial charge on any atom is 0.259 e. The summed E-state index contributed by atoms with van der Waals surface area (Å²) in [6, 6.07) is 10.2. The van der Waals surface area contributed by atoms with Crippen LogP contribution in [0.15, 0.2) is 54.2 Å². The number of amides is 1. The first-order valence-corrected chi connectivity index (χ1v) is 9.93. The Morgan fingerprint density at radius 1 is 1.16 bits per heavy atom. The molecule has 2 heterocycles. The maximum absolute atomic E-state index is 12.1. The Bertz CT molecular complexity index is 984. The van der Waals surface area contributed by atoms with E-state index in [4.69, 9.17) is 0 Å². The number of rotatable bonds is 5. The van der Waals surface area contributed by atoms with E-state index in [2.05, 4.69) is 20.0 Å². The molecular weight excluding hydrogens is 360 g/mol. The third-order valence-corrected chi connectivity index (χ3v) is 4.50. The highest BCUT2D eigenvalue weighted by molar-refractivity contribution is 7.92. The lowest BCUT2D eigenvalue weighted by Gasteiger charge is -2.04. The van der Waals surface area contributed by atoms with Crippen molar-refractivity contribution < 1.29 is 13.2 Å². The normalized spacial score (nSPS) is 11.1. The molecule has 1 aromatic carbocycles. The van der Waals surface area contributed by atoms with E-state index in [0.29, 0.717) is 22.1 Å². The Balaban J connectivity index is 1.72. The summed E-state index contributed by atoms with van der Waals surface area (Å²) in [7, 11) is -3.31. The van der Waals surface area contributed by atoms with Gasteiger partial charge in [0.15, 0.2) is 5.13 Å². The number of nitrogens with zero attached hydrogens (tertiary/aromatic N) is 2. The first-order chi connectivity index (χ1) is 11.9. The highest BCUT2D eigenvalue weighted by atomic mass is 32.2. The van der Waals surface area contributed by atoms with Crippen molar-refractivity contribution in [1.82, 2.24) is 9.97 Å². The molecule has 3 rings (SSSR count). The lowest BCUT2D eigenvalue weighted by molar-refractivity contribution is 0.102. The minimum Gasteiger partial charge on any atom is -0.298 e. The first-order valence-electron chi connectivity index (χ1n) is 7.16. The van der Waals surface area contributed by atoms with Crippen molar-refractivity contribution >= 4 is 38.1 Å². The predicted molar refractivity (Wildman–Crippen MR) is 98.2 cm³/mol.